The quantitative estimate of drug-likeness (QED) is 0.632. The maximum absolute atomic E-state index is 12.8. The second-order valence-electron chi connectivity index (χ2n) is 6.23. The van der Waals surface area contributed by atoms with E-state index in [0.717, 1.165) is 13.1 Å². The standard InChI is InChI=1S/C14H30N4O4S/c1-13(2)12-18(7-5-6-15-14(19)22-4)23(20,21)17-10-8-16(3)9-11-17/h13H,5-12H2,1-4H3,(H,15,19). The summed E-state index contributed by atoms with van der Waals surface area (Å²) in [6.07, 6.45) is 0.0526. The molecule has 0 spiro atoms. The molecule has 136 valence electrons. The first kappa shape index (κ1) is 20.1. The Bertz CT molecular complexity index is 461. The van der Waals surface area contributed by atoms with Gasteiger partial charge in [-0.25, -0.2) is 4.79 Å². The van der Waals surface area contributed by atoms with Crippen molar-refractivity contribution < 1.29 is 17.9 Å². The first-order chi connectivity index (χ1) is 10.8. The van der Waals surface area contributed by atoms with Crippen LogP contribution in [-0.4, -0.2) is 88.0 Å². The molecule has 1 aliphatic heterocycles. The van der Waals surface area contributed by atoms with Gasteiger partial charge in [0.15, 0.2) is 0 Å². The molecule has 8 nitrogen and oxygen atoms in total. The van der Waals surface area contributed by atoms with Gasteiger partial charge < -0.3 is 15.0 Å². The molecule has 1 amide bonds. The fourth-order valence-electron chi connectivity index (χ4n) is 2.41. The van der Waals surface area contributed by atoms with Crippen LogP contribution in [-0.2, 0) is 14.9 Å². The smallest absolute Gasteiger partial charge is 0.406 e. The number of rotatable bonds is 8. The van der Waals surface area contributed by atoms with Crippen molar-refractivity contribution in [1.82, 2.24) is 18.8 Å². The summed E-state index contributed by atoms with van der Waals surface area (Å²) in [6.45, 7) is 7.79. The van der Waals surface area contributed by atoms with Gasteiger partial charge in [-0.1, -0.05) is 13.8 Å². The van der Waals surface area contributed by atoms with Gasteiger partial charge in [-0.2, -0.15) is 17.0 Å². The Labute approximate surface area is 139 Å². The van der Waals surface area contributed by atoms with Gasteiger partial charge in [-0.05, 0) is 19.4 Å². The number of likely N-dealkylation sites (N-methyl/N-ethyl adjacent to an activating group) is 1. The maximum atomic E-state index is 12.8. The molecule has 0 bridgehead atoms. The van der Waals surface area contributed by atoms with Crippen LogP contribution in [0.25, 0.3) is 0 Å². The molecular weight excluding hydrogens is 320 g/mol. The Hall–Kier alpha value is -0.900. The van der Waals surface area contributed by atoms with Gasteiger partial charge in [0.25, 0.3) is 10.2 Å². The minimum Gasteiger partial charge on any atom is -0.453 e. The minimum absolute atomic E-state index is 0.241. The molecule has 0 saturated carbocycles. The lowest BCUT2D eigenvalue weighted by Crippen LogP contribution is -2.53. The highest BCUT2D eigenvalue weighted by Crippen LogP contribution is 2.14. The van der Waals surface area contributed by atoms with Crippen LogP contribution in [0.2, 0.25) is 0 Å². The van der Waals surface area contributed by atoms with Crippen molar-refractivity contribution in [2.45, 2.75) is 20.3 Å². The Morgan fingerprint density at radius 1 is 1.26 bits per heavy atom. The van der Waals surface area contributed by atoms with Crippen LogP contribution in [0.3, 0.4) is 0 Å². The number of methoxy groups -OCH3 is 1. The van der Waals surface area contributed by atoms with Gasteiger partial charge in [0.2, 0.25) is 0 Å². The summed E-state index contributed by atoms with van der Waals surface area (Å²) >= 11 is 0. The Morgan fingerprint density at radius 2 is 1.87 bits per heavy atom. The first-order valence-corrected chi connectivity index (χ1v) is 9.42. The lowest BCUT2D eigenvalue weighted by Gasteiger charge is -2.35. The third kappa shape index (κ3) is 6.62. The molecule has 23 heavy (non-hydrogen) atoms. The molecule has 0 aliphatic carbocycles. The number of carbonyl (C=O) groups excluding carboxylic acids is 1. The first-order valence-electron chi connectivity index (χ1n) is 8.03. The monoisotopic (exact) mass is 350 g/mol. The van der Waals surface area contributed by atoms with Gasteiger partial charge in [-0.3, -0.25) is 0 Å². The Kier molecular flexibility index (Phi) is 8.24. The molecule has 0 aromatic rings. The SMILES string of the molecule is COC(=O)NCCCN(CC(C)C)S(=O)(=O)N1CCN(C)CC1. The fourth-order valence-corrected chi connectivity index (χ4v) is 4.21. The molecule has 1 heterocycles. The molecule has 1 aliphatic rings. The van der Waals surface area contributed by atoms with Crippen LogP contribution < -0.4 is 5.32 Å². The zero-order valence-corrected chi connectivity index (χ0v) is 15.4. The number of nitrogens with zero attached hydrogens (tertiary/aromatic N) is 3. The summed E-state index contributed by atoms with van der Waals surface area (Å²) in [5, 5.41) is 2.57. The van der Waals surface area contributed by atoms with E-state index in [2.05, 4.69) is 15.0 Å². The highest BCUT2D eigenvalue weighted by atomic mass is 32.2. The third-order valence-electron chi connectivity index (χ3n) is 3.72. The highest BCUT2D eigenvalue weighted by Gasteiger charge is 2.31. The lowest BCUT2D eigenvalue weighted by molar-refractivity contribution is 0.170. The maximum Gasteiger partial charge on any atom is 0.406 e. The fraction of sp³-hybridized carbons (Fsp3) is 0.929. The molecule has 0 unspecified atom stereocenters. The molecule has 0 aromatic heterocycles. The van der Waals surface area contributed by atoms with Crippen molar-refractivity contribution in [2.75, 3.05) is 60.0 Å². The normalized spacial score (nSPS) is 17.7. The van der Waals surface area contributed by atoms with Crippen LogP contribution in [0, 0.1) is 5.92 Å². The van der Waals surface area contributed by atoms with Crippen molar-refractivity contribution in [3.05, 3.63) is 0 Å². The summed E-state index contributed by atoms with van der Waals surface area (Å²) in [5.74, 6) is 0.241. The summed E-state index contributed by atoms with van der Waals surface area (Å²) in [7, 11) is -0.155. The molecule has 9 heteroatoms. The number of alkyl carbamates (subject to hydrolysis) is 1. The van der Waals surface area contributed by atoms with Gasteiger partial charge >= 0.3 is 6.09 Å². The average molecular weight is 350 g/mol. The Morgan fingerprint density at radius 3 is 2.39 bits per heavy atom. The van der Waals surface area contributed by atoms with Crippen molar-refractivity contribution in [3.8, 4) is 0 Å². The molecular formula is C14H30N4O4S. The third-order valence-corrected chi connectivity index (χ3v) is 5.72. The summed E-state index contributed by atoms with van der Waals surface area (Å²) in [5.41, 5.74) is 0. The van der Waals surface area contributed by atoms with Crippen LogP contribution in [0.5, 0.6) is 0 Å². The minimum atomic E-state index is -3.45. The van der Waals surface area contributed by atoms with E-state index in [-0.39, 0.29) is 5.92 Å². The number of nitrogens with one attached hydrogen (secondary N) is 1. The predicted molar refractivity (Wildman–Crippen MR) is 89.4 cm³/mol. The summed E-state index contributed by atoms with van der Waals surface area (Å²) in [4.78, 5) is 13.2. The van der Waals surface area contributed by atoms with Gasteiger partial charge in [0, 0.05) is 45.8 Å². The van der Waals surface area contributed by atoms with E-state index < -0.39 is 16.3 Å². The number of hydrogen-bond donors (Lipinski definition) is 1. The van der Waals surface area contributed by atoms with Crippen molar-refractivity contribution in [2.24, 2.45) is 5.92 Å². The highest BCUT2D eigenvalue weighted by molar-refractivity contribution is 7.86. The molecule has 1 saturated heterocycles. The lowest BCUT2D eigenvalue weighted by atomic mass is 10.2. The second kappa shape index (κ2) is 9.41. The summed E-state index contributed by atoms with van der Waals surface area (Å²) < 4.78 is 33.3. The largest absolute Gasteiger partial charge is 0.453 e. The summed E-state index contributed by atoms with van der Waals surface area (Å²) in [6, 6.07) is 0. The van der Waals surface area contributed by atoms with Crippen LogP contribution in [0.15, 0.2) is 0 Å². The number of piperazine rings is 1. The van der Waals surface area contributed by atoms with E-state index in [1.54, 1.807) is 4.31 Å². The molecule has 1 N–H and O–H groups in total. The second-order valence-corrected chi connectivity index (χ2v) is 8.16. The van der Waals surface area contributed by atoms with Gasteiger partial charge in [0.05, 0.1) is 7.11 Å². The molecule has 0 aromatic carbocycles. The van der Waals surface area contributed by atoms with E-state index in [4.69, 9.17) is 0 Å². The van der Waals surface area contributed by atoms with Crippen molar-refractivity contribution >= 4 is 16.3 Å². The average Bonchev–Trinajstić information content (AvgIpc) is 2.50. The molecule has 0 radical (unpaired) electrons. The zero-order chi connectivity index (χ0) is 17.5. The van der Waals surface area contributed by atoms with Crippen LogP contribution >= 0.6 is 0 Å². The van der Waals surface area contributed by atoms with E-state index in [1.807, 2.05) is 20.9 Å². The van der Waals surface area contributed by atoms with Gasteiger partial charge in [-0.15, -0.1) is 0 Å². The number of amides is 1. The van der Waals surface area contributed by atoms with Crippen LogP contribution in [0.4, 0.5) is 4.79 Å². The van der Waals surface area contributed by atoms with E-state index in [0.29, 0.717) is 39.1 Å². The Balaban J connectivity index is 2.62. The molecule has 0 atom stereocenters. The zero-order valence-electron chi connectivity index (χ0n) is 14.6. The number of ether oxygens (including phenoxy) is 1. The van der Waals surface area contributed by atoms with E-state index >= 15 is 0 Å². The topological polar surface area (TPSA) is 82.2 Å². The van der Waals surface area contributed by atoms with E-state index in [1.165, 1.54) is 11.4 Å². The predicted octanol–water partition coefficient (Wildman–Crippen LogP) is 0.183. The number of carbonyl (C=O) groups is 1. The van der Waals surface area contributed by atoms with Gasteiger partial charge in [0.1, 0.15) is 0 Å². The number of hydrogen-bond acceptors (Lipinski definition) is 5. The molecule has 1 fully saturated rings. The van der Waals surface area contributed by atoms with Crippen molar-refractivity contribution in [3.63, 3.8) is 0 Å². The molecule has 1 rings (SSSR count). The van der Waals surface area contributed by atoms with E-state index in [9.17, 15) is 13.2 Å². The van der Waals surface area contributed by atoms with Crippen molar-refractivity contribution in [1.29, 1.82) is 0 Å². The van der Waals surface area contributed by atoms with Crippen LogP contribution in [0.1, 0.15) is 20.3 Å².